The number of nitrogens with one attached hydrogen (secondary N) is 2. The molecule has 61 heavy (non-hydrogen) atoms. The molecular formula is C31H50N7O19P3S. The van der Waals surface area contributed by atoms with Gasteiger partial charge >= 0.3 is 29.4 Å². The molecule has 0 saturated carbocycles. The summed E-state index contributed by atoms with van der Waals surface area (Å²) in [4.78, 5) is 98.2. The number of rotatable bonds is 27. The van der Waals surface area contributed by atoms with E-state index in [-0.39, 0.29) is 53.8 Å². The van der Waals surface area contributed by atoms with Crippen LogP contribution in [0.2, 0.25) is 0 Å². The lowest BCUT2D eigenvalue weighted by atomic mass is 9.87. The zero-order valence-corrected chi connectivity index (χ0v) is 36.3. The maximum atomic E-state index is 12.7. The van der Waals surface area contributed by atoms with E-state index in [0.717, 1.165) is 48.2 Å². The van der Waals surface area contributed by atoms with Gasteiger partial charge < -0.3 is 56.0 Å². The number of phosphoric acid groups is 3. The first-order valence-electron chi connectivity index (χ1n) is 18.4. The number of aliphatic hydroxyl groups is 2. The number of unbranched alkanes of at least 4 members (excludes halogenated alkanes) is 4. The highest BCUT2D eigenvalue weighted by atomic mass is 32.2. The van der Waals surface area contributed by atoms with E-state index in [2.05, 4.69) is 34.4 Å². The van der Waals surface area contributed by atoms with Crippen LogP contribution in [0.5, 0.6) is 0 Å². The van der Waals surface area contributed by atoms with E-state index in [9.17, 15) is 62.7 Å². The van der Waals surface area contributed by atoms with Crippen molar-refractivity contribution in [3.8, 4) is 0 Å². The molecule has 0 spiro atoms. The van der Waals surface area contributed by atoms with Crippen LogP contribution in [0.1, 0.15) is 65.0 Å². The Labute approximate surface area is 352 Å². The summed E-state index contributed by atoms with van der Waals surface area (Å²) in [7, 11) is -16.4. The van der Waals surface area contributed by atoms with Crippen molar-refractivity contribution in [3.63, 3.8) is 0 Å². The highest BCUT2D eigenvalue weighted by Gasteiger charge is 2.50. The van der Waals surface area contributed by atoms with Gasteiger partial charge in [-0.05, 0) is 25.3 Å². The largest absolute Gasteiger partial charge is 0.481 e. The summed E-state index contributed by atoms with van der Waals surface area (Å²) in [5, 5.41) is 34.8. The third-order valence-electron chi connectivity index (χ3n) is 8.51. The molecule has 0 aromatic carbocycles. The number of thioether (sulfide) groups is 1. The van der Waals surface area contributed by atoms with Crippen molar-refractivity contribution in [1.82, 2.24) is 30.2 Å². The summed E-state index contributed by atoms with van der Waals surface area (Å²) >= 11 is 0.993. The molecule has 30 heteroatoms. The average molecular weight is 950 g/mol. The van der Waals surface area contributed by atoms with Crippen molar-refractivity contribution < 1.29 is 90.4 Å². The molecule has 2 amide bonds. The number of carbonyl (C=O) groups excluding carboxylic acids is 3. The number of nitrogens with zero attached hydrogens (tertiary/aromatic N) is 4. The minimum absolute atomic E-state index is 0.0233. The maximum absolute atomic E-state index is 12.7. The number of carboxylic acid groups (broad SMARTS) is 1. The average Bonchev–Trinajstić information content (AvgIpc) is 3.72. The zero-order valence-electron chi connectivity index (χ0n) is 32.8. The SMILES string of the molecule is CC(C)(COP(=O)(O)OP(=O)(O)OC[C@H]1O[C@@H](n2cnc3c(N)ncnc32)[C@H](O)[C@@H]1OP(=O)(O)O)[C@@H](O)C(=O)NCCC(=O)NCCSC(=O)/C=C/CCCCCCC(=O)O. The van der Waals surface area contributed by atoms with Gasteiger partial charge in [-0.25, -0.2) is 28.6 Å². The topological polar surface area (TPSA) is 401 Å². The number of hydrogen-bond acceptors (Lipinski definition) is 19. The van der Waals surface area contributed by atoms with Crippen LogP contribution in [-0.2, 0) is 55.5 Å². The van der Waals surface area contributed by atoms with E-state index in [0.29, 0.717) is 12.8 Å². The minimum atomic E-state index is -5.59. The number of fused-ring (bicyclic) bond motifs is 1. The zero-order chi connectivity index (χ0) is 45.6. The number of nitrogen functional groups attached to an aromatic ring is 1. The summed E-state index contributed by atoms with van der Waals surface area (Å²) in [5.74, 6) is -2.05. The molecule has 0 radical (unpaired) electrons. The van der Waals surface area contributed by atoms with Gasteiger partial charge in [-0.3, -0.25) is 37.3 Å². The summed E-state index contributed by atoms with van der Waals surface area (Å²) in [6, 6.07) is 0. The van der Waals surface area contributed by atoms with Crippen LogP contribution in [0.3, 0.4) is 0 Å². The molecule has 344 valence electrons. The summed E-state index contributed by atoms with van der Waals surface area (Å²) in [5.41, 5.74) is 4.23. The number of carboxylic acids is 1. The second-order valence-electron chi connectivity index (χ2n) is 14.0. The van der Waals surface area contributed by atoms with E-state index < -0.39 is 90.5 Å². The molecule has 2 aromatic heterocycles. The second-order valence-corrected chi connectivity index (χ2v) is 19.3. The minimum Gasteiger partial charge on any atom is -0.481 e. The van der Waals surface area contributed by atoms with Crippen LogP contribution in [0.25, 0.3) is 11.2 Å². The number of aromatic nitrogens is 4. The Morgan fingerprint density at radius 1 is 1.00 bits per heavy atom. The summed E-state index contributed by atoms with van der Waals surface area (Å²) in [6.45, 7) is 0.366. The van der Waals surface area contributed by atoms with E-state index in [1.165, 1.54) is 19.9 Å². The highest BCUT2D eigenvalue weighted by Crippen LogP contribution is 2.61. The quantitative estimate of drug-likeness (QED) is 0.0334. The normalized spacial score (nSPS) is 20.9. The Hall–Kier alpha value is -3.23. The summed E-state index contributed by atoms with van der Waals surface area (Å²) < 4.78 is 62.2. The first kappa shape index (κ1) is 52.1. The van der Waals surface area contributed by atoms with Crippen LogP contribution in [0, 0.1) is 5.41 Å². The Bertz CT molecular complexity index is 2000. The van der Waals surface area contributed by atoms with Crippen LogP contribution in [0.15, 0.2) is 24.8 Å². The number of aliphatic carboxylic acids is 1. The Morgan fingerprint density at radius 3 is 2.38 bits per heavy atom. The monoisotopic (exact) mass is 949 g/mol. The van der Waals surface area contributed by atoms with Gasteiger partial charge in [0.1, 0.15) is 36.3 Å². The van der Waals surface area contributed by atoms with Gasteiger partial charge in [0.25, 0.3) is 0 Å². The van der Waals surface area contributed by atoms with Crippen molar-refractivity contribution >= 4 is 75.1 Å². The van der Waals surface area contributed by atoms with Crippen molar-refractivity contribution in [1.29, 1.82) is 0 Å². The van der Waals surface area contributed by atoms with Crippen LogP contribution < -0.4 is 16.4 Å². The molecule has 26 nitrogen and oxygen atoms in total. The lowest BCUT2D eigenvalue weighted by molar-refractivity contribution is -0.137. The molecule has 1 fully saturated rings. The van der Waals surface area contributed by atoms with Crippen molar-refractivity contribution in [2.45, 2.75) is 89.4 Å². The number of phosphoric ester groups is 3. The molecule has 1 aliphatic heterocycles. The van der Waals surface area contributed by atoms with Gasteiger partial charge in [-0.2, -0.15) is 4.31 Å². The predicted octanol–water partition coefficient (Wildman–Crippen LogP) is 0.646. The number of aliphatic hydroxyl groups excluding tert-OH is 2. The van der Waals surface area contributed by atoms with Gasteiger partial charge in [-0.15, -0.1) is 0 Å². The van der Waals surface area contributed by atoms with E-state index in [1.807, 2.05) is 0 Å². The number of amides is 2. The fourth-order valence-corrected chi connectivity index (χ4v) is 8.83. The number of ether oxygens (including phenoxy) is 1. The van der Waals surface area contributed by atoms with Gasteiger partial charge in [-0.1, -0.05) is 44.5 Å². The number of nitrogens with two attached hydrogens (primary N) is 1. The summed E-state index contributed by atoms with van der Waals surface area (Å²) in [6.07, 6.45) is 0.0682. The van der Waals surface area contributed by atoms with Crippen LogP contribution >= 0.6 is 35.2 Å². The standard InChI is InChI=1S/C31H50N7O19P3S/c1-31(2,26(44)29(45)34-12-11-20(39)33-13-14-61-22(42)10-8-6-4-3-5-7-9-21(40)41)16-54-60(51,52)57-59(49,50)53-15-19-25(56-58(46,47)48)24(43)30(55-19)38-18-37-23-27(32)35-17-36-28(23)38/h8,10,17-19,24-26,30,43-44H,3-7,9,11-16H2,1-2H3,(H,33,39)(H,34,45)(H,40,41)(H,49,50)(H,51,52)(H2,32,35,36)(H2,46,47,48)/b10-8+/t19-,24-,25-,26+,30-/m1/s1. The number of anilines is 1. The third-order valence-corrected chi connectivity index (χ3v) is 12.4. The van der Waals surface area contributed by atoms with Gasteiger partial charge in [0.05, 0.1) is 19.5 Å². The molecule has 1 aliphatic rings. The molecular weight excluding hydrogens is 899 g/mol. The van der Waals surface area contributed by atoms with E-state index in [1.54, 1.807) is 6.08 Å². The number of hydrogen-bond donors (Lipinski definition) is 10. The van der Waals surface area contributed by atoms with Crippen LogP contribution in [-0.4, -0.2) is 134 Å². The van der Waals surface area contributed by atoms with Crippen molar-refractivity contribution in [2.24, 2.45) is 5.41 Å². The predicted molar refractivity (Wildman–Crippen MR) is 212 cm³/mol. The lowest BCUT2D eigenvalue weighted by Crippen LogP contribution is -2.46. The van der Waals surface area contributed by atoms with Crippen molar-refractivity contribution in [2.75, 3.05) is 37.8 Å². The first-order valence-corrected chi connectivity index (χ1v) is 23.9. The fourth-order valence-electron chi connectivity index (χ4n) is 5.40. The first-order chi connectivity index (χ1) is 28.4. The van der Waals surface area contributed by atoms with Gasteiger partial charge in [0.15, 0.2) is 17.7 Å². The number of imidazole rings is 1. The number of carbonyl (C=O) groups is 4. The van der Waals surface area contributed by atoms with E-state index >= 15 is 0 Å². The van der Waals surface area contributed by atoms with E-state index in [4.69, 9.17) is 24.6 Å². The molecule has 0 aliphatic carbocycles. The van der Waals surface area contributed by atoms with Gasteiger partial charge in [0.2, 0.25) is 16.9 Å². The molecule has 0 bridgehead atoms. The molecule has 7 atom stereocenters. The molecule has 2 aromatic rings. The molecule has 3 heterocycles. The molecule has 1 saturated heterocycles. The highest BCUT2D eigenvalue weighted by molar-refractivity contribution is 8.14. The Morgan fingerprint density at radius 2 is 1.69 bits per heavy atom. The number of allylic oxidation sites excluding steroid dienone is 1. The Balaban J connectivity index is 1.40. The molecule has 11 N–H and O–H groups in total. The molecule has 3 rings (SSSR count). The van der Waals surface area contributed by atoms with Crippen LogP contribution in [0.4, 0.5) is 5.82 Å². The fraction of sp³-hybridized carbons (Fsp3) is 0.645. The smallest absolute Gasteiger partial charge is 0.481 e. The maximum Gasteiger partial charge on any atom is 0.481 e. The molecule has 2 unspecified atom stereocenters. The third kappa shape index (κ3) is 17.8. The lowest BCUT2D eigenvalue weighted by Gasteiger charge is -2.30. The van der Waals surface area contributed by atoms with Gasteiger partial charge in [0, 0.05) is 37.1 Å². The second kappa shape index (κ2) is 23.5. The Kier molecular flexibility index (Phi) is 20.0. The van der Waals surface area contributed by atoms with Crippen molar-refractivity contribution in [3.05, 3.63) is 24.8 Å².